The highest BCUT2D eigenvalue weighted by Crippen LogP contribution is 2.35. The maximum Gasteiger partial charge on any atom is 0.373 e. The Morgan fingerprint density at radius 1 is 1.16 bits per heavy atom. The van der Waals surface area contributed by atoms with Crippen molar-refractivity contribution in [1.82, 2.24) is 9.97 Å². The van der Waals surface area contributed by atoms with Crippen molar-refractivity contribution in [3.05, 3.63) is 44.7 Å². The molecule has 3 rings (SSSR count). The maximum atomic E-state index is 11.6. The molecule has 1 N–H and O–H groups in total. The van der Waals surface area contributed by atoms with Crippen LogP contribution in [0.1, 0.15) is 32.1 Å². The van der Waals surface area contributed by atoms with Gasteiger partial charge in [0, 0.05) is 5.69 Å². The van der Waals surface area contributed by atoms with Gasteiger partial charge in [-0.25, -0.2) is 4.98 Å². The molecule has 1 fully saturated rings. The van der Waals surface area contributed by atoms with Gasteiger partial charge in [-0.3, -0.25) is 10.1 Å². The van der Waals surface area contributed by atoms with Crippen molar-refractivity contribution in [3.8, 4) is 5.88 Å². The molecule has 0 amide bonds. The van der Waals surface area contributed by atoms with Gasteiger partial charge >= 0.3 is 5.69 Å². The van der Waals surface area contributed by atoms with Gasteiger partial charge in [0.2, 0.25) is 5.82 Å². The lowest BCUT2D eigenvalue weighted by molar-refractivity contribution is -0.385. The van der Waals surface area contributed by atoms with Crippen molar-refractivity contribution < 1.29 is 9.66 Å². The monoisotopic (exact) mass is 382 g/mol. The van der Waals surface area contributed by atoms with Crippen LogP contribution >= 0.6 is 23.2 Å². The van der Waals surface area contributed by atoms with Crippen LogP contribution in [-0.4, -0.2) is 21.0 Å². The number of halogens is 2. The molecule has 0 atom stereocenters. The predicted molar refractivity (Wildman–Crippen MR) is 95.9 cm³/mol. The summed E-state index contributed by atoms with van der Waals surface area (Å²) in [6.07, 6.45) is 6.20. The van der Waals surface area contributed by atoms with E-state index < -0.39 is 4.92 Å². The number of benzene rings is 1. The van der Waals surface area contributed by atoms with Crippen LogP contribution in [0.4, 0.5) is 17.2 Å². The van der Waals surface area contributed by atoms with Gasteiger partial charge in [-0.15, -0.1) is 0 Å². The van der Waals surface area contributed by atoms with Crippen LogP contribution in [0.2, 0.25) is 10.0 Å². The topological polar surface area (TPSA) is 90.2 Å². The van der Waals surface area contributed by atoms with Crippen LogP contribution in [0.15, 0.2) is 24.5 Å². The van der Waals surface area contributed by atoms with Crippen molar-refractivity contribution in [2.75, 3.05) is 5.32 Å². The lowest BCUT2D eigenvalue weighted by Gasteiger charge is -2.22. The lowest BCUT2D eigenvalue weighted by atomic mass is 9.98. The van der Waals surface area contributed by atoms with Gasteiger partial charge in [-0.1, -0.05) is 29.6 Å². The van der Waals surface area contributed by atoms with E-state index in [1.807, 2.05) is 0 Å². The third-order valence-corrected chi connectivity index (χ3v) is 4.72. The first-order valence-corrected chi connectivity index (χ1v) is 8.68. The molecule has 1 aliphatic carbocycles. The smallest absolute Gasteiger partial charge is 0.373 e. The van der Waals surface area contributed by atoms with Gasteiger partial charge in [-0.2, -0.15) is 4.98 Å². The van der Waals surface area contributed by atoms with E-state index in [1.54, 1.807) is 18.2 Å². The van der Waals surface area contributed by atoms with E-state index in [0.29, 0.717) is 15.7 Å². The summed E-state index contributed by atoms with van der Waals surface area (Å²) in [7, 11) is 0. The Kier molecular flexibility index (Phi) is 5.55. The quantitative estimate of drug-likeness (QED) is 0.568. The first-order chi connectivity index (χ1) is 12.0. The van der Waals surface area contributed by atoms with Gasteiger partial charge in [0.1, 0.15) is 12.4 Å². The van der Waals surface area contributed by atoms with Crippen LogP contribution < -0.4 is 10.1 Å². The van der Waals surface area contributed by atoms with Crippen molar-refractivity contribution in [2.24, 2.45) is 0 Å². The van der Waals surface area contributed by atoms with Crippen LogP contribution in [0.5, 0.6) is 5.88 Å². The highest BCUT2D eigenvalue weighted by Gasteiger charge is 2.27. The molecule has 132 valence electrons. The van der Waals surface area contributed by atoms with Crippen molar-refractivity contribution >= 4 is 40.4 Å². The molecule has 0 radical (unpaired) electrons. The fourth-order valence-corrected chi connectivity index (χ4v) is 3.05. The van der Waals surface area contributed by atoms with Gasteiger partial charge in [0.15, 0.2) is 0 Å². The first-order valence-electron chi connectivity index (χ1n) is 7.92. The molecule has 7 nitrogen and oxygen atoms in total. The lowest BCUT2D eigenvalue weighted by Crippen LogP contribution is -2.21. The third-order valence-electron chi connectivity index (χ3n) is 3.98. The maximum absolute atomic E-state index is 11.6. The number of aromatic nitrogens is 2. The molecule has 1 aromatic heterocycles. The minimum Gasteiger partial charge on any atom is -0.469 e. The summed E-state index contributed by atoms with van der Waals surface area (Å²) in [6.45, 7) is 0. The molecule has 0 spiro atoms. The molecule has 25 heavy (non-hydrogen) atoms. The summed E-state index contributed by atoms with van der Waals surface area (Å²) < 4.78 is 5.79. The number of rotatable bonds is 5. The second-order valence-corrected chi connectivity index (χ2v) is 6.58. The van der Waals surface area contributed by atoms with E-state index in [0.717, 1.165) is 32.1 Å². The minimum absolute atomic E-state index is 0.0190. The van der Waals surface area contributed by atoms with Gasteiger partial charge in [0.05, 0.1) is 15.0 Å². The Morgan fingerprint density at radius 3 is 2.60 bits per heavy atom. The fourth-order valence-electron chi connectivity index (χ4n) is 2.76. The van der Waals surface area contributed by atoms with Crippen molar-refractivity contribution in [3.63, 3.8) is 0 Å². The Bertz CT molecular complexity index is 782. The van der Waals surface area contributed by atoms with Gasteiger partial charge in [0.25, 0.3) is 5.88 Å². The predicted octanol–water partition coefficient (Wildman–Crippen LogP) is 5.15. The molecule has 0 aliphatic heterocycles. The summed E-state index contributed by atoms with van der Waals surface area (Å²) >= 11 is 11.9. The van der Waals surface area contributed by atoms with Gasteiger partial charge < -0.3 is 10.1 Å². The minimum atomic E-state index is -0.544. The number of hydrogen-bond acceptors (Lipinski definition) is 6. The largest absolute Gasteiger partial charge is 0.469 e. The summed E-state index contributed by atoms with van der Waals surface area (Å²) in [4.78, 5) is 19.0. The molecule has 0 unspecified atom stereocenters. The Balaban J connectivity index is 1.88. The van der Waals surface area contributed by atoms with E-state index in [2.05, 4.69) is 15.3 Å². The number of ether oxygens (including phenoxy) is 1. The van der Waals surface area contributed by atoms with Gasteiger partial charge in [-0.05, 0) is 43.9 Å². The SMILES string of the molecule is O=[N+]([O-])c1c(Nc2ccc(Cl)c(Cl)c2)ncnc1OC1CCCCC1. The zero-order valence-electron chi connectivity index (χ0n) is 13.2. The fraction of sp³-hybridized carbons (Fsp3) is 0.375. The molecular formula is C16H16Cl2N4O3. The van der Waals surface area contributed by atoms with Crippen molar-refractivity contribution in [1.29, 1.82) is 0 Å². The van der Waals surface area contributed by atoms with Crippen LogP contribution in [0.25, 0.3) is 0 Å². The summed E-state index contributed by atoms with van der Waals surface area (Å²) in [5.41, 5.74) is 0.235. The number of nitro groups is 1. The molecule has 2 aromatic rings. The van der Waals surface area contributed by atoms with E-state index >= 15 is 0 Å². The molecule has 9 heteroatoms. The Morgan fingerprint density at radius 2 is 1.92 bits per heavy atom. The average molecular weight is 383 g/mol. The molecular weight excluding hydrogens is 367 g/mol. The van der Waals surface area contributed by atoms with Crippen LogP contribution in [0.3, 0.4) is 0 Å². The van der Waals surface area contributed by atoms with E-state index in [1.165, 1.54) is 6.33 Å². The standard InChI is InChI=1S/C16H16Cl2N4O3/c17-12-7-6-10(8-13(12)18)21-15-14(22(23)24)16(20-9-19-15)25-11-4-2-1-3-5-11/h6-9,11H,1-5H2,(H,19,20,21). The summed E-state index contributed by atoms with van der Waals surface area (Å²) in [6, 6.07) is 4.82. The Labute approximate surface area is 154 Å². The van der Waals surface area contributed by atoms with Crippen molar-refractivity contribution in [2.45, 2.75) is 38.2 Å². The summed E-state index contributed by atoms with van der Waals surface area (Å²) in [5, 5.41) is 15.2. The molecule has 1 saturated carbocycles. The molecule has 0 bridgehead atoms. The molecule has 1 aromatic carbocycles. The number of anilines is 2. The normalized spacial score (nSPS) is 15.0. The van der Waals surface area contributed by atoms with E-state index in [9.17, 15) is 10.1 Å². The first kappa shape index (κ1) is 17.7. The Hall–Kier alpha value is -2.12. The molecule has 0 saturated heterocycles. The van der Waals surface area contributed by atoms with E-state index in [4.69, 9.17) is 27.9 Å². The highest BCUT2D eigenvalue weighted by molar-refractivity contribution is 6.42. The zero-order chi connectivity index (χ0) is 17.8. The van der Waals surface area contributed by atoms with Crippen LogP contribution in [-0.2, 0) is 0 Å². The average Bonchev–Trinajstić information content (AvgIpc) is 2.59. The second kappa shape index (κ2) is 7.84. The molecule has 1 heterocycles. The highest BCUT2D eigenvalue weighted by atomic mass is 35.5. The second-order valence-electron chi connectivity index (χ2n) is 5.76. The zero-order valence-corrected chi connectivity index (χ0v) is 14.8. The third kappa shape index (κ3) is 4.29. The number of nitrogens with zero attached hydrogens (tertiary/aromatic N) is 3. The number of hydrogen-bond donors (Lipinski definition) is 1. The number of nitrogens with one attached hydrogen (secondary N) is 1. The van der Waals surface area contributed by atoms with Crippen LogP contribution in [0, 0.1) is 10.1 Å². The van der Waals surface area contributed by atoms with E-state index in [-0.39, 0.29) is 23.5 Å². The summed E-state index contributed by atoms with van der Waals surface area (Å²) in [5.74, 6) is 0.0265. The molecule has 1 aliphatic rings.